The van der Waals surface area contributed by atoms with Crippen LogP contribution in [0.2, 0.25) is 0 Å². The molecule has 4 nitrogen and oxygen atoms in total. The van der Waals surface area contributed by atoms with Crippen molar-refractivity contribution >= 4 is 17.1 Å². The lowest BCUT2D eigenvalue weighted by atomic mass is 10.0. The minimum atomic E-state index is 0.322. The number of piperazine rings is 1. The number of aromatic nitrogens is 1. The van der Waals surface area contributed by atoms with Crippen LogP contribution in [0.15, 0.2) is 89.3 Å². The van der Waals surface area contributed by atoms with Crippen LogP contribution in [0.25, 0.3) is 11.1 Å². The molecule has 1 aliphatic rings. The Bertz CT molecular complexity index is 1030. The van der Waals surface area contributed by atoms with E-state index in [-0.39, 0.29) is 0 Å². The Labute approximate surface area is 171 Å². The molecule has 0 saturated carbocycles. The van der Waals surface area contributed by atoms with E-state index in [1.165, 1.54) is 11.1 Å². The van der Waals surface area contributed by atoms with Crippen molar-refractivity contribution in [3.8, 4) is 0 Å². The summed E-state index contributed by atoms with van der Waals surface area (Å²) in [6.07, 6.45) is 0.977. The zero-order valence-electron chi connectivity index (χ0n) is 16.4. The van der Waals surface area contributed by atoms with Crippen molar-refractivity contribution in [1.82, 2.24) is 9.88 Å². The lowest BCUT2D eigenvalue weighted by Crippen LogP contribution is -2.54. The van der Waals surface area contributed by atoms with Crippen molar-refractivity contribution in [2.45, 2.75) is 19.0 Å². The van der Waals surface area contributed by atoms with Gasteiger partial charge in [0.1, 0.15) is 5.52 Å². The Hall–Kier alpha value is -3.11. The van der Waals surface area contributed by atoms with Crippen LogP contribution in [0, 0.1) is 0 Å². The quantitative estimate of drug-likeness (QED) is 0.497. The zero-order valence-corrected chi connectivity index (χ0v) is 16.4. The summed E-state index contributed by atoms with van der Waals surface area (Å²) in [5, 5.41) is 0. The number of benzene rings is 3. The van der Waals surface area contributed by atoms with E-state index in [1.807, 2.05) is 24.3 Å². The van der Waals surface area contributed by atoms with E-state index in [1.54, 1.807) is 0 Å². The smallest absolute Gasteiger partial charge is 0.298 e. The highest BCUT2D eigenvalue weighted by Gasteiger charge is 2.30. The molecule has 0 spiro atoms. The third-order valence-electron chi connectivity index (χ3n) is 5.66. The van der Waals surface area contributed by atoms with Crippen LogP contribution in [-0.4, -0.2) is 35.6 Å². The molecule has 0 bridgehead atoms. The number of hydrogen-bond acceptors (Lipinski definition) is 4. The second-order valence-electron chi connectivity index (χ2n) is 7.72. The Balaban J connectivity index is 1.40. The third-order valence-corrected chi connectivity index (χ3v) is 5.66. The summed E-state index contributed by atoms with van der Waals surface area (Å²) in [4.78, 5) is 9.68. The van der Waals surface area contributed by atoms with Crippen LogP contribution < -0.4 is 4.90 Å². The normalized spacial score (nSPS) is 17.7. The molecule has 1 fully saturated rings. The summed E-state index contributed by atoms with van der Waals surface area (Å²) in [5.41, 5.74) is 4.49. The van der Waals surface area contributed by atoms with Crippen molar-refractivity contribution in [1.29, 1.82) is 0 Å². The van der Waals surface area contributed by atoms with E-state index in [4.69, 9.17) is 9.40 Å². The van der Waals surface area contributed by atoms with Crippen LogP contribution in [0.1, 0.15) is 11.1 Å². The maximum Gasteiger partial charge on any atom is 0.298 e. The minimum Gasteiger partial charge on any atom is -0.423 e. The van der Waals surface area contributed by atoms with Crippen LogP contribution in [0.4, 0.5) is 6.01 Å². The Morgan fingerprint density at radius 3 is 2.24 bits per heavy atom. The van der Waals surface area contributed by atoms with Gasteiger partial charge in [-0.25, -0.2) is 0 Å². The lowest BCUT2D eigenvalue weighted by molar-refractivity contribution is 0.209. The lowest BCUT2D eigenvalue weighted by Gasteiger charge is -2.41. The summed E-state index contributed by atoms with van der Waals surface area (Å²) < 4.78 is 6.13. The van der Waals surface area contributed by atoms with Gasteiger partial charge in [0.2, 0.25) is 0 Å². The van der Waals surface area contributed by atoms with E-state index in [0.717, 1.165) is 49.7 Å². The zero-order chi connectivity index (χ0) is 19.5. The van der Waals surface area contributed by atoms with Crippen LogP contribution in [0.5, 0.6) is 0 Å². The van der Waals surface area contributed by atoms with E-state index >= 15 is 0 Å². The molecule has 4 heteroatoms. The van der Waals surface area contributed by atoms with Gasteiger partial charge >= 0.3 is 0 Å². The van der Waals surface area contributed by atoms with Crippen molar-refractivity contribution < 1.29 is 4.42 Å². The first kappa shape index (κ1) is 18.0. The van der Waals surface area contributed by atoms with Crippen molar-refractivity contribution in [3.05, 3.63) is 96.1 Å². The molecule has 1 unspecified atom stereocenters. The molecule has 0 amide bonds. The summed E-state index contributed by atoms with van der Waals surface area (Å²) in [6.45, 7) is 3.88. The fourth-order valence-electron chi connectivity index (χ4n) is 4.20. The SMILES string of the molecule is c1ccc(CC2CN(Cc3ccccc3)CCN2c2nc3ccccc3o2)cc1. The van der Waals surface area contributed by atoms with Crippen LogP contribution in [-0.2, 0) is 13.0 Å². The van der Waals surface area contributed by atoms with Gasteiger partial charge < -0.3 is 9.32 Å². The van der Waals surface area contributed by atoms with Crippen molar-refractivity contribution in [2.24, 2.45) is 0 Å². The number of oxazole rings is 1. The first-order valence-corrected chi connectivity index (χ1v) is 10.3. The molecule has 1 aromatic heterocycles. The highest BCUT2D eigenvalue weighted by molar-refractivity contribution is 5.74. The fraction of sp³-hybridized carbons (Fsp3) is 0.240. The monoisotopic (exact) mass is 383 g/mol. The molecule has 1 aliphatic heterocycles. The largest absolute Gasteiger partial charge is 0.423 e. The summed E-state index contributed by atoms with van der Waals surface area (Å²) in [6, 6.07) is 30.5. The van der Waals surface area contributed by atoms with Crippen LogP contribution >= 0.6 is 0 Å². The molecule has 29 heavy (non-hydrogen) atoms. The van der Waals surface area contributed by atoms with Gasteiger partial charge in [-0.2, -0.15) is 4.98 Å². The fourth-order valence-corrected chi connectivity index (χ4v) is 4.20. The standard InChI is InChI=1S/C25H25N3O/c1-3-9-20(10-4-1)17-22-19-27(18-21-11-5-2-6-12-21)15-16-28(22)25-26-23-13-7-8-14-24(23)29-25/h1-14,22H,15-19H2. The van der Waals surface area contributed by atoms with E-state index in [9.17, 15) is 0 Å². The maximum absolute atomic E-state index is 6.13. The molecule has 146 valence electrons. The molecule has 0 radical (unpaired) electrons. The number of fused-ring (bicyclic) bond motifs is 1. The number of anilines is 1. The van der Waals surface area contributed by atoms with Gasteiger partial charge in [0.05, 0.1) is 6.04 Å². The minimum absolute atomic E-state index is 0.322. The average Bonchev–Trinajstić information content (AvgIpc) is 3.19. The molecule has 5 rings (SSSR count). The first-order valence-electron chi connectivity index (χ1n) is 10.3. The molecule has 2 heterocycles. The average molecular weight is 383 g/mol. The van der Waals surface area contributed by atoms with Gasteiger partial charge in [-0.15, -0.1) is 0 Å². The highest BCUT2D eigenvalue weighted by Crippen LogP contribution is 2.27. The van der Waals surface area contributed by atoms with Crippen molar-refractivity contribution in [3.63, 3.8) is 0 Å². The van der Waals surface area contributed by atoms with E-state index in [0.29, 0.717) is 6.04 Å². The molecule has 0 N–H and O–H groups in total. The molecule has 1 atom stereocenters. The van der Waals surface area contributed by atoms with Gasteiger partial charge in [-0.3, -0.25) is 4.90 Å². The topological polar surface area (TPSA) is 32.5 Å². The molecular weight excluding hydrogens is 358 g/mol. The Morgan fingerprint density at radius 2 is 1.48 bits per heavy atom. The summed E-state index contributed by atoms with van der Waals surface area (Å²) in [5.74, 6) is 0. The predicted molar refractivity (Wildman–Crippen MR) is 117 cm³/mol. The first-order chi connectivity index (χ1) is 14.3. The highest BCUT2D eigenvalue weighted by atomic mass is 16.4. The molecule has 3 aromatic carbocycles. The van der Waals surface area contributed by atoms with E-state index < -0.39 is 0 Å². The van der Waals surface area contributed by atoms with Crippen LogP contribution in [0.3, 0.4) is 0 Å². The summed E-state index contributed by atoms with van der Waals surface area (Å²) >= 11 is 0. The Kier molecular flexibility index (Phi) is 5.01. The molecule has 0 aliphatic carbocycles. The van der Waals surface area contributed by atoms with Gasteiger partial charge in [-0.1, -0.05) is 72.8 Å². The van der Waals surface area contributed by atoms with Gasteiger partial charge in [0, 0.05) is 26.2 Å². The predicted octanol–water partition coefficient (Wildman–Crippen LogP) is 4.76. The number of rotatable bonds is 5. The Morgan fingerprint density at radius 1 is 0.793 bits per heavy atom. The molecular formula is C25H25N3O. The van der Waals surface area contributed by atoms with Gasteiger partial charge in [0.15, 0.2) is 5.58 Å². The van der Waals surface area contributed by atoms with Crippen molar-refractivity contribution in [2.75, 3.05) is 24.5 Å². The third kappa shape index (κ3) is 4.03. The van der Waals surface area contributed by atoms with Gasteiger partial charge in [-0.05, 0) is 29.7 Å². The maximum atomic E-state index is 6.13. The second kappa shape index (κ2) is 8.10. The molecule has 1 saturated heterocycles. The van der Waals surface area contributed by atoms with E-state index in [2.05, 4.69) is 70.5 Å². The number of para-hydroxylation sites is 2. The number of hydrogen-bond donors (Lipinski definition) is 0. The summed E-state index contributed by atoms with van der Waals surface area (Å²) in [7, 11) is 0. The molecule has 4 aromatic rings. The number of nitrogens with zero attached hydrogens (tertiary/aromatic N) is 3. The second-order valence-corrected chi connectivity index (χ2v) is 7.72. The van der Waals surface area contributed by atoms with Gasteiger partial charge in [0.25, 0.3) is 6.01 Å².